The molecule has 43 heavy (non-hydrogen) atoms. The number of nitro benzene ring substituents is 2. The van der Waals surface area contributed by atoms with E-state index >= 15 is 0 Å². The maximum absolute atomic E-state index is 13.0. The Labute approximate surface area is 270 Å². The van der Waals surface area contributed by atoms with Gasteiger partial charge in [0.05, 0.1) is 40.0 Å². The number of hydrogen-bond donors (Lipinski definition) is 0. The van der Waals surface area contributed by atoms with Crippen LogP contribution in [0.25, 0.3) is 0 Å². The maximum Gasteiger partial charge on any atom is 0.353 e. The lowest BCUT2D eigenvalue weighted by Crippen LogP contribution is -2.16. The third-order valence-corrected chi connectivity index (χ3v) is 7.39. The van der Waals surface area contributed by atoms with Crippen molar-refractivity contribution in [1.29, 1.82) is 0 Å². The maximum atomic E-state index is 13.0. The van der Waals surface area contributed by atoms with Crippen LogP contribution in [0.1, 0.15) is 20.7 Å². The third kappa shape index (κ3) is 7.39. The molecule has 0 aliphatic carbocycles. The summed E-state index contributed by atoms with van der Waals surface area (Å²) in [5.41, 5.74) is -2.95. The van der Waals surface area contributed by atoms with Crippen LogP contribution in [0.2, 0.25) is 30.1 Å². The highest BCUT2D eigenvalue weighted by Crippen LogP contribution is 2.39. The largest absolute Gasteiger partial charge is 0.456 e. The van der Waals surface area contributed by atoms with Crippen LogP contribution < -0.4 is 9.47 Å². The minimum Gasteiger partial charge on any atom is -0.456 e. The van der Waals surface area contributed by atoms with Gasteiger partial charge in [0.2, 0.25) is 0 Å². The van der Waals surface area contributed by atoms with Crippen LogP contribution in [0.15, 0.2) is 60.7 Å². The average Bonchev–Trinajstić information content (AvgIpc) is 2.94. The van der Waals surface area contributed by atoms with Gasteiger partial charge in [0.25, 0.3) is 11.4 Å². The second-order valence-corrected chi connectivity index (χ2v) is 10.6. The van der Waals surface area contributed by atoms with Crippen LogP contribution >= 0.6 is 69.6 Å². The van der Waals surface area contributed by atoms with Gasteiger partial charge in [-0.05, 0) is 24.3 Å². The van der Waals surface area contributed by atoms with Crippen LogP contribution in [0.3, 0.4) is 0 Å². The van der Waals surface area contributed by atoms with Crippen LogP contribution in [0, 0.1) is 20.2 Å². The molecule has 0 heterocycles. The molecular formula is C26H10Cl6N2O9. The molecule has 0 unspecified atom stereocenters. The summed E-state index contributed by atoms with van der Waals surface area (Å²) in [7, 11) is 0. The Bertz CT molecular complexity index is 1700. The summed E-state index contributed by atoms with van der Waals surface area (Å²) in [6, 6.07) is 11.1. The number of rotatable bonds is 8. The Morgan fingerprint density at radius 3 is 1.23 bits per heavy atom. The Kier molecular flexibility index (Phi) is 9.86. The lowest BCUT2D eigenvalue weighted by atomic mass is 10.1. The Hall–Kier alpha value is -3.84. The van der Waals surface area contributed by atoms with E-state index in [2.05, 4.69) is 0 Å². The fraction of sp³-hybridized carbons (Fsp3) is 0. The number of halogens is 6. The van der Waals surface area contributed by atoms with Crippen molar-refractivity contribution in [1.82, 2.24) is 0 Å². The first kappa shape index (κ1) is 32.1. The van der Waals surface area contributed by atoms with E-state index in [0.29, 0.717) is 0 Å². The van der Waals surface area contributed by atoms with Gasteiger partial charge in [-0.1, -0.05) is 69.6 Å². The number of esters is 2. The zero-order valence-corrected chi connectivity index (χ0v) is 25.1. The highest BCUT2D eigenvalue weighted by atomic mass is 35.5. The highest BCUT2D eigenvalue weighted by Gasteiger charge is 2.29. The Morgan fingerprint density at radius 2 is 0.884 bits per heavy atom. The number of carbonyl (C=O) groups is 2. The van der Waals surface area contributed by atoms with Crippen LogP contribution in [-0.4, -0.2) is 21.8 Å². The molecule has 0 aliphatic rings. The van der Waals surface area contributed by atoms with Gasteiger partial charge in [0.15, 0.2) is 0 Å². The van der Waals surface area contributed by atoms with Gasteiger partial charge < -0.3 is 14.2 Å². The van der Waals surface area contributed by atoms with Gasteiger partial charge in [-0.3, -0.25) is 20.2 Å². The van der Waals surface area contributed by atoms with Gasteiger partial charge in [-0.2, -0.15) is 0 Å². The lowest BCUT2D eigenvalue weighted by Gasteiger charge is -2.11. The normalized spacial score (nSPS) is 10.7. The number of nitro groups is 2. The van der Waals surface area contributed by atoms with E-state index in [4.69, 9.17) is 83.8 Å². The summed E-state index contributed by atoms with van der Waals surface area (Å²) < 4.78 is 16.0. The van der Waals surface area contributed by atoms with E-state index in [1.54, 1.807) is 0 Å². The molecule has 0 radical (unpaired) electrons. The second-order valence-electron chi connectivity index (χ2n) is 8.15. The quantitative estimate of drug-likeness (QED) is 0.0574. The molecule has 0 saturated heterocycles. The topological polar surface area (TPSA) is 148 Å². The van der Waals surface area contributed by atoms with Gasteiger partial charge in [-0.15, -0.1) is 0 Å². The highest BCUT2D eigenvalue weighted by molar-refractivity contribution is 6.44. The molecule has 0 aromatic heterocycles. The molecular weight excluding hydrogens is 697 g/mol. The summed E-state index contributed by atoms with van der Waals surface area (Å²) in [4.78, 5) is 47.4. The van der Waals surface area contributed by atoms with Crippen molar-refractivity contribution in [3.63, 3.8) is 0 Å². The van der Waals surface area contributed by atoms with Crippen molar-refractivity contribution in [2.24, 2.45) is 0 Å². The molecule has 0 saturated carbocycles. The molecule has 0 aliphatic heterocycles. The van der Waals surface area contributed by atoms with Gasteiger partial charge in [0.1, 0.15) is 34.1 Å². The molecule has 0 amide bonds. The van der Waals surface area contributed by atoms with Crippen molar-refractivity contribution in [2.45, 2.75) is 0 Å². The predicted molar refractivity (Wildman–Crippen MR) is 159 cm³/mol. The molecule has 11 nitrogen and oxygen atoms in total. The summed E-state index contributed by atoms with van der Waals surface area (Å²) in [5.74, 6) is -3.31. The van der Waals surface area contributed by atoms with E-state index in [1.807, 2.05) is 0 Å². The minimum absolute atomic E-state index is 0.00479. The summed E-state index contributed by atoms with van der Waals surface area (Å²) in [6.07, 6.45) is 0. The summed E-state index contributed by atoms with van der Waals surface area (Å²) in [6.45, 7) is 0. The SMILES string of the molecule is O=C(OC(=O)c1cc(Oc2cc(Cl)c(Cl)cc2Cl)ccc1[N+](=O)[O-])c1cc(Oc2cc(Cl)c(Cl)cc2Cl)ccc1[N+](=O)[O-]. The molecule has 220 valence electrons. The Morgan fingerprint density at radius 1 is 0.535 bits per heavy atom. The number of nitrogens with zero attached hydrogens (tertiary/aromatic N) is 2. The first-order chi connectivity index (χ1) is 20.2. The van der Waals surface area contributed by atoms with Crippen LogP contribution in [0.5, 0.6) is 23.0 Å². The smallest absolute Gasteiger partial charge is 0.353 e. The van der Waals surface area contributed by atoms with Gasteiger partial charge >= 0.3 is 11.9 Å². The van der Waals surface area contributed by atoms with Crippen LogP contribution in [0.4, 0.5) is 11.4 Å². The van der Waals surface area contributed by atoms with Crippen molar-refractivity contribution in [3.05, 3.63) is 122 Å². The number of hydrogen-bond acceptors (Lipinski definition) is 9. The van der Waals surface area contributed by atoms with E-state index < -0.39 is 44.3 Å². The first-order valence-electron chi connectivity index (χ1n) is 11.2. The van der Waals surface area contributed by atoms with Crippen molar-refractivity contribution in [2.75, 3.05) is 0 Å². The fourth-order valence-electron chi connectivity index (χ4n) is 3.42. The molecule has 0 N–H and O–H groups in total. The number of carbonyl (C=O) groups excluding carboxylic acids is 2. The van der Waals surface area contributed by atoms with E-state index in [9.17, 15) is 29.8 Å². The molecule has 0 fully saturated rings. The molecule has 17 heteroatoms. The van der Waals surface area contributed by atoms with Crippen LogP contribution in [-0.2, 0) is 4.74 Å². The summed E-state index contributed by atoms with van der Waals surface area (Å²) in [5, 5.41) is 23.7. The van der Waals surface area contributed by atoms with Crippen molar-refractivity contribution >= 4 is 92.9 Å². The number of benzene rings is 4. The molecule has 0 spiro atoms. The monoisotopic (exact) mass is 704 g/mol. The fourth-order valence-corrected chi connectivity index (χ4v) is 4.57. The zero-order chi connectivity index (χ0) is 31.6. The predicted octanol–water partition coefficient (Wildman–Crippen LogP) is 10.0. The molecule has 4 rings (SSSR count). The molecule has 4 aromatic rings. The van der Waals surface area contributed by atoms with E-state index in [1.165, 1.54) is 24.3 Å². The van der Waals surface area contributed by atoms with Crippen molar-refractivity contribution in [3.8, 4) is 23.0 Å². The summed E-state index contributed by atoms with van der Waals surface area (Å²) >= 11 is 36.0. The van der Waals surface area contributed by atoms with Gasteiger partial charge in [-0.25, -0.2) is 9.59 Å². The molecule has 0 atom stereocenters. The average molecular weight is 707 g/mol. The number of ether oxygens (including phenoxy) is 3. The van der Waals surface area contributed by atoms with E-state index in [-0.39, 0.29) is 53.1 Å². The molecule has 0 bridgehead atoms. The van der Waals surface area contributed by atoms with E-state index in [0.717, 1.165) is 36.4 Å². The molecule has 4 aromatic carbocycles. The minimum atomic E-state index is -1.52. The van der Waals surface area contributed by atoms with Crippen molar-refractivity contribution < 1.29 is 33.6 Å². The zero-order valence-electron chi connectivity index (χ0n) is 20.6. The first-order valence-corrected chi connectivity index (χ1v) is 13.5. The third-order valence-electron chi connectivity index (χ3n) is 5.36. The second kappa shape index (κ2) is 13.2. The Balaban J connectivity index is 1.65. The lowest BCUT2D eigenvalue weighted by molar-refractivity contribution is -0.385. The standard InChI is InChI=1S/C26H10Cl6N2O9/c27-15-7-19(31)23(9-17(15)29)41-11-1-3-21(33(37)38)13(5-11)25(35)43-26(36)14-6-12(2-4-22(14)34(39)40)42-24-10-18(30)16(28)8-20(24)32/h1-10H. The van der Waals surface area contributed by atoms with Gasteiger partial charge in [0, 0.05) is 36.4 Å².